The van der Waals surface area contributed by atoms with Crippen molar-refractivity contribution in [2.45, 2.75) is 0 Å². The van der Waals surface area contributed by atoms with E-state index in [4.69, 9.17) is 9.72 Å². The van der Waals surface area contributed by atoms with Gasteiger partial charge in [-0.15, -0.1) is 0 Å². The van der Waals surface area contributed by atoms with E-state index in [0.29, 0.717) is 17.2 Å². The molecule has 0 fully saturated rings. The van der Waals surface area contributed by atoms with Crippen LogP contribution in [0.1, 0.15) is 10.4 Å². The predicted molar refractivity (Wildman–Crippen MR) is 119 cm³/mol. The zero-order valence-corrected chi connectivity index (χ0v) is 17.6. The number of rotatable bonds is 6. The number of hydrogen-bond donors (Lipinski definition) is 1. The Kier molecular flexibility index (Phi) is 5.47. The van der Waals surface area contributed by atoms with Crippen molar-refractivity contribution in [3.63, 3.8) is 0 Å². The number of nitrogens with one attached hydrogen (secondary N) is 1. The molecule has 0 aliphatic carbocycles. The lowest BCUT2D eigenvalue weighted by molar-refractivity contribution is -0.856. The molecule has 1 N–H and O–H groups in total. The third-order valence-corrected chi connectivity index (χ3v) is 5.95. The second kappa shape index (κ2) is 8.19. The van der Waals surface area contributed by atoms with Crippen LogP contribution in [0.3, 0.4) is 0 Å². The van der Waals surface area contributed by atoms with Crippen molar-refractivity contribution in [2.75, 3.05) is 39.2 Å². The maximum Gasteiger partial charge on any atom is 0.260 e. The number of anilines is 1. The number of carbonyl (C=O) groups is 1. The fourth-order valence-corrected chi connectivity index (χ4v) is 4.21. The molecule has 1 heterocycles. The summed E-state index contributed by atoms with van der Waals surface area (Å²) in [6.07, 6.45) is 0. The first-order valence-corrected chi connectivity index (χ1v) is 10.4. The number of fused-ring (bicyclic) bond motifs is 2. The molecule has 0 radical (unpaired) electrons. The number of ether oxygens (including phenoxy) is 1. The number of carbonyl (C=O) groups excluding carboxylic acids is 1. The number of amides is 1. The first-order valence-electron chi connectivity index (χ1n) is 9.59. The number of quaternary nitrogens is 1. The topological polar surface area (TPSA) is 46.9 Å². The lowest BCUT2D eigenvalue weighted by Gasteiger charge is -2.21. The van der Waals surface area contributed by atoms with E-state index in [1.807, 2.05) is 54.6 Å². The molecule has 0 bridgehead atoms. The summed E-state index contributed by atoms with van der Waals surface area (Å²) in [7, 11) is 5.81. The van der Waals surface area contributed by atoms with Gasteiger partial charge in [-0.1, -0.05) is 41.7 Å². The van der Waals surface area contributed by atoms with E-state index in [1.54, 1.807) is 12.0 Å². The van der Waals surface area contributed by atoms with Gasteiger partial charge in [-0.3, -0.25) is 9.69 Å². The molecule has 3 aromatic carbocycles. The highest BCUT2D eigenvalue weighted by Gasteiger charge is 2.22. The number of hydrogen-bond acceptors (Lipinski definition) is 4. The first kappa shape index (κ1) is 19.4. The Morgan fingerprint density at radius 1 is 1.07 bits per heavy atom. The van der Waals surface area contributed by atoms with Gasteiger partial charge in [0.05, 0.1) is 44.5 Å². The number of aromatic nitrogens is 1. The van der Waals surface area contributed by atoms with E-state index in [0.717, 1.165) is 33.3 Å². The van der Waals surface area contributed by atoms with Gasteiger partial charge in [0.2, 0.25) is 0 Å². The average Bonchev–Trinajstić information content (AvgIpc) is 3.15. The molecule has 6 heteroatoms. The fraction of sp³-hybridized carbons (Fsp3) is 0.217. The Labute approximate surface area is 174 Å². The Morgan fingerprint density at radius 3 is 2.62 bits per heavy atom. The van der Waals surface area contributed by atoms with Crippen LogP contribution in [0.4, 0.5) is 5.13 Å². The van der Waals surface area contributed by atoms with Crippen molar-refractivity contribution in [2.24, 2.45) is 0 Å². The summed E-state index contributed by atoms with van der Waals surface area (Å²) in [4.78, 5) is 21.3. The van der Waals surface area contributed by atoms with E-state index in [1.165, 1.54) is 16.2 Å². The van der Waals surface area contributed by atoms with E-state index >= 15 is 0 Å². The molecule has 0 unspecified atom stereocenters. The van der Waals surface area contributed by atoms with Gasteiger partial charge in [-0.05, 0) is 35.0 Å². The Morgan fingerprint density at radius 2 is 1.86 bits per heavy atom. The van der Waals surface area contributed by atoms with Gasteiger partial charge < -0.3 is 9.64 Å². The molecule has 0 saturated heterocycles. The van der Waals surface area contributed by atoms with Crippen molar-refractivity contribution < 1.29 is 14.4 Å². The zero-order valence-electron chi connectivity index (χ0n) is 16.8. The molecule has 4 aromatic rings. The van der Waals surface area contributed by atoms with E-state index < -0.39 is 0 Å². The highest BCUT2D eigenvalue weighted by Crippen LogP contribution is 2.32. The minimum atomic E-state index is -0.0250. The Hall–Kier alpha value is -2.96. The smallest absolute Gasteiger partial charge is 0.260 e. The van der Waals surface area contributed by atoms with Crippen LogP contribution in [0.5, 0.6) is 5.75 Å². The van der Waals surface area contributed by atoms with Crippen molar-refractivity contribution in [3.05, 3.63) is 66.2 Å². The summed E-state index contributed by atoms with van der Waals surface area (Å²) in [5.41, 5.74) is 1.52. The number of thiazole rings is 1. The van der Waals surface area contributed by atoms with Gasteiger partial charge >= 0.3 is 0 Å². The number of benzene rings is 3. The van der Waals surface area contributed by atoms with Crippen molar-refractivity contribution >= 4 is 43.4 Å². The van der Waals surface area contributed by atoms with Crippen molar-refractivity contribution in [1.29, 1.82) is 0 Å². The minimum absolute atomic E-state index is 0.0250. The molecule has 0 aliphatic heterocycles. The van der Waals surface area contributed by atoms with Crippen molar-refractivity contribution in [3.8, 4) is 5.75 Å². The SMILES string of the molecule is COc1ccc2sc(N(CC[NH+](C)C)C(=O)c3ccc4ccccc4c3)nc2c1. The monoisotopic (exact) mass is 406 g/mol. The van der Waals surface area contributed by atoms with Gasteiger partial charge in [0.15, 0.2) is 5.13 Å². The number of likely N-dealkylation sites (N-methyl/N-ethyl adjacent to an activating group) is 1. The van der Waals surface area contributed by atoms with Crippen LogP contribution in [-0.4, -0.2) is 45.2 Å². The molecule has 0 spiro atoms. The fourth-order valence-electron chi connectivity index (χ4n) is 3.24. The lowest BCUT2D eigenvalue weighted by Crippen LogP contribution is -3.06. The molecule has 1 amide bonds. The number of nitrogens with zero attached hydrogens (tertiary/aromatic N) is 2. The Balaban J connectivity index is 1.73. The molecule has 0 atom stereocenters. The molecule has 0 saturated carbocycles. The standard InChI is InChI=1S/C23H23N3O2S/c1-25(2)12-13-26(23-24-20-15-19(28-3)10-11-21(20)29-23)22(27)18-9-8-16-6-4-5-7-17(16)14-18/h4-11,14-15H,12-13H2,1-3H3/p+1. The average molecular weight is 407 g/mol. The lowest BCUT2D eigenvalue weighted by atomic mass is 10.1. The number of methoxy groups -OCH3 is 1. The van der Waals surface area contributed by atoms with Gasteiger partial charge in [-0.2, -0.15) is 0 Å². The minimum Gasteiger partial charge on any atom is -0.497 e. The third-order valence-electron chi connectivity index (χ3n) is 4.89. The second-order valence-corrected chi connectivity index (χ2v) is 8.32. The predicted octanol–water partition coefficient (Wildman–Crippen LogP) is 3.25. The molecule has 5 nitrogen and oxygen atoms in total. The van der Waals surface area contributed by atoms with Gasteiger partial charge in [0, 0.05) is 11.6 Å². The molecule has 0 aliphatic rings. The molecule has 148 valence electrons. The van der Waals surface area contributed by atoms with Crippen LogP contribution < -0.4 is 14.5 Å². The van der Waals surface area contributed by atoms with E-state index in [9.17, 15) is 4.79 Å². The maximum atomic E-state index is 13.5. The summed E-state index contributed by atoms with van der Waals surface area (Å²) >= 11 is 1.53. The summed E-state index contributed by atoms with van der Waals surface area (Å²) < 4.78 is 6.35. The summed E-state index contributed by atoms with van der Waals surface area (Å²) in [6, 6.07) is 19.8. The summed E-state index contributed by atoms with van der Waals surface area (Å²) in [6.45, 7) is 1.43. The van der Waals surface area contributed by atoms with Gasteiger partial charge in [0.1, 0.15) is 5.75 Å². The van der Waals surface area contributed by atoms with Gasteiger partial charge in [0.25, 0.3) is 5.91 Å². The zero-order chi connectivity index (χ0) is 20.4. The highest BCUT2D eigenvalue weighted by molar-refractivity contribution is 7.22. The second-order valence-electron chi connectivity index (χ2n) is 7.31. The summed E-state index contributed by atoms with van der Waals surface area (Å²) in [5, 5.41) is 2.90. The largest absolute Gasteiger partial charge is 0.497 e. The van der Waals surface area contributed by atoms with Crippen LogP contribution in [0.25, 0.3) is 21.0 Å². The molecular weight excluding hydrogens is 382 g/mol. The van der Waals surface area contributed by atoms with Crippen LogP contribution in [0.2, 0.25) is 0 Å². The quantitative estimate of drug-likeness (QED) is 0.535. The van der Waals surface area contributed by atoms with Crippen molar-refractivity contribution in [1.82, 2.24) is 4.98 Å². The summed E-state index contributed by atoms with van der Waals surface area (Å²) in [5.74, 6) is 0.738. The normalized spacial score (nSPS) is 11.3. The third kappa shape index (κ3) is 4.09. The molecular formula is C23H24N3O2S+. The molecule has 4 rings (SSSR count). The highest BCUT2D eigenvalue weighted by atomic mass is 32.1. The Bertz CT molecular complexity index is 1170. The molecule has 1 aromatic heterocycles. The van der Waals surface area contributed by atoms with Crippen LogP contribution in [-0.2, 0) is 0 Å². The van der Waals surface area contributed by atoms with Crippen LogP contribution in [0, 0.1) is 0 Å². The first-order chi connectivity index (χ1) is 14.0. The van der Waals surface area contributed by atoms with E-state index in [-0.39, 0.29) is 5.91 Å². The van der Waals surface area contributed by atoms with E-state index in [2.05, 4.69) is 20.2 Å². The molecule has 29 heavy (non-hydrogen) atoms. The van der Waals surface area contributed by atoms with Gasteiger partial charge in [-0.25, -0.2) is 4.98 Å². The van der Waals surface area contributed by atoms with Crippen LogP contribution in [0.15, 0.2) is 60.7 Å². The van der Waals surface area contributed by atoms with Crippen LogP contribution >= 0.6 is 11.3 Å². The maximum absolute atomic E-state index is 13.5.